The minimum atomic E-state index is -3.82. The predicted molar refractivity (Wildman–Crippen MR) is 109 cm³/mol. The van der Waals surface area contributed by atoms with Crippen LogP contribution in [-0.2, 0) is 15.6 Å². The van der Waals surface area contributed by atoms with Gasteiger partial charge in [0.25, 0.3) is 0 Å². The summed E-state index contributed by atoms with van der Waals surface area (Å²) in [6.45, 7) is 2.48. The van der Waals surface area contributed by atoms with Crippen LogP contribution >= 0.6 is 11.3 Å². The van der Waals surface area contributed by atoms with E-state index in [0.717, 1.165) is 16.5 Å². The van der Waals surface area contributed by atoms with Gasteiger partial charge in [0.15, 0.2) is 11.5 Å². The van der Waals surface area contributed by atoms with Gasteiger partial charge in [0.2, 0.25) is 10.0 Å². The van der Waals surface area contributed by atoms with Crippen LogP contribution in [0.5, 0.6) is 11.5 Å². The van der Waals surface area contributed by atoms with Crippen molar-refractivity contribution in [2.75, 3.05) is 19.8 Å². The second kappa shape index (κ2) is 7.36. The first-order chi connectivity index (χ1) is 13.4. The van der Waals surface area contributed by atoms with Crippen LogP contribution in [-0.4, -0.2) is 33.3 Å². The number of sulfonamides is 1. The fourth-order valence-electron chi connectivity index (χ4n) is 2.96. The van der Waals surface area contributed by atoms with E-state index in [0.29, 0.717) is 29.6 Å². The summed E-state index contributed by atoms with van der Waals surface area (Å²) in [6, 6.07) is 14.2. The number of fused-ring (bicyclic) bond motifs is 2. The van der Waals surface area contributed by atoms with Crippen LogP contribution in [0, 0.1) is 0 Å². The molecule has 0 radical (unpaired) electrons. The summed E-state index contributed by atoms with van der Waals surface area (Å²) >= 11 is 1.45. The minimum absolute atomic E-state index is 0.0730. The Bertz CT molecular complexity index is 1070. The average Bonchev–Trinajstić information content (AvgIpc) is 2.99. The highest BCUT2D eigenvalue weighted by atomic mass is 32.2. The highest BCUT2D eigenvalue weighted by Crippen LogP contribution is 2.34. The number of hydrogen-bond donors (Lipinski definition) is 2. The van der Waals surface area contributed by atoms with Crippen LogP contribution in [0.1, 0.15) is 18.2 Å². The third-order valence-corrected chi connectivity index (χ3v) is 7.36. The average molecular weight is 420 g/mol. The summed E-state index contributed by atoms with van der Waals surface area (Å²) in [5.41, 5.74) is -1.33. The molecule has 148 valence electrons. The smallest absolute Gasteiger partial charge is 0.240 e. The summed E-state index contributed by atoms with van der Waals surface area (Å²) in [4.78, 5) is 0.777. The molecule has 1 aromatic heterocycles. The minimum Gasteiger partial charge on any atom is -0.490 e. The number of rotatable bonds is 5. The maximum absolute atomic E-state index is 12.7. The first-order valence-corrected chi connectivity index (χ1v) is 11.3. The highest BCUT2D eigenvalue weighted by molar-refractivity contribution is 7.89. The second-order valence-electron chi connectivity index (χ2n) is 6.91. The van der Waals surface area contributed by atoms with Crippen molar-refractivity contribution in [1.29, 1.82) is 0 Å². The van der Waals surface area contributed by atoms with Crippen LogP contribution in [0.25, 0.3) is 10.1 Å². The fraction of sp³-hybridized carbons (Fsp3) is 0.300. The van der Waals surface area contributed by atoms with E-state index in [1.165, 1.54) is 23.5 Å². The molecular weight excluding hydrogens is 398 g/mol. The molecule has 8 heteroatoms. The van der Waals surface area contributed by atoms with Crippen LogP contribution < -0.4 is 14.2 Å². The lowest BCUT2D eigenvalue weighted by atomic mass is 10.1. The van der Waals surface area contributed by atoms with Gasteiger partial charge >= 0.3 is 0 Å². The largest absolute Gasteiger partial charge is 0.490 e. The monoisotopic (exact) mass is 419 g/mol. The second-order valence-corrected chi connectivity index (χ2v) is 9.76. The zero-order valence-corrected chi connectivity index (χ0v) is 17.0. The van der Waals surface area contributed by atoms with Crippen molar-refractivity contribution in [2.24, 2.45) is 0 Å². The summed E-state index contributed by atoms with van der Waals surface area (Å²) in [5.74, 6) is 0.949. The number of aliphatic hydroxyl groups is 1. The molecule has 1 aliphatic heterocycles. The van der Waals surface area contributed by atoms with Crippen LogP contribution in [0.15, 0.2) is 53.4 Å². The van der Waals surface area contributed by atoms with E-state index in [9.17, 15) is 13.5 Å². The summed E-state index contributed by atoms with van der Waals surface area (Å²) in [5, 5.41) is 11.9. The van der Waals surface area contributed by atoms with Gasteiger partial charge in [0.05, 0.1) is 18.1 Å². The van der Waals surface area contributed by atoms with Crippen molar-refractivity contribution in [3.8, 4) is 11.5 Å². The molecule has 6 nitrogen and oxygen atoms in total. The Morgan fingerprint density at radius 1 is 1.11 bits per heavy atom. The molecular formula is C20H21NO5S2. The molecule has 2 heterocycles. The van der Waals surface area contributed by atoms with Crippen molar-refractivity contribution >= 4 is 31.4 Å². The molecule has 0 saturated carbocycles. The number of thiophene rings is 1. The van der Waals surface area contributed by atoms with E-state index in [1.807, 2.05) is 30.3 Å². The predicted octanol–water partition coefficient (Wildman–Crippen LogP) is 3.25. The van der Waals surface area contributed by atoms with Crippen molar-refractivity contribution in [1.82, 2.24) is 4.72 Å². The molecule has 0 fully saturated rings. The van der Waals surface area contributed by atoms with Crippen molar-refractivity contribution in [3.05, 3.63) is 53.4 Å². The molecule has 28 heavy (non-hydrogen) atoms. The molecule has 3 aromatic rings. The Balaban J connectivity index is 1.53. The van der Waals surface area contributed by atoms with Gasteiger partial charge in [-0.3, -0.25) is 0 Å². The Hall–Kier alpha value is -2.13. The molecule has 0 amide bonds. The molecule has 1 aliphatic rings. The number of hydrogen-bond acceptors (Lipinski definition) is 6. The third-order valence-electron chi connectivity index (χ3n) is 4.59. The van der Waals surface area contributed by atoms with E-state index in [1.54, 1.807) is 13.0 Å². The lowest BCUT2D eigenvalue weighted by Gasteiger charge is -2.22. The van der Waals surface area contributed by atoms with Gasteiger partial charge in [-0.05, 0) is 36.6 Å². The molecule has 0 bridgehead atoms. The molecule has 0 aliphatic carbocycles. The zero-order chi connectivity index (χ0) is 19.8. The lowest BCUT2D eigenvalue weighted by molar-refractivity contribution is 0.0666. The van der Waals surface area contributed by atoms with Crippen molar-refractivity contribution in [2.45, 2.75) is 23.8 Å². The normalized spacial score (nSPS) is 16.5. The molecule has 2 N–H and O–H groups in total. The van der Waals surface area contributed by atoms with Gasteiger partial charge in [0.1, 0.15) is 5.60 Å². The maximum atomic E-state index is 12.7. The van der Waals surface area contributed by atoms with Gasteiger partial charge in [-0.15, -0.1) is 11.3 Å². The Morgan fingerprint density at radius 2 is 1.86 bits per heavy atom. The van der Waals surface area contributed by atoms with E-state index in [2.05, 4.69) is 4.72 Å². The summed E-state index contributed by atoms with van der Waals surface area (Å²) in [6.07, 6.45) is 0.743. The van der Waals surface area contributed by atoms with Crippen molar-refractivity contribution < 1.29 is 23.0 Å². The van der Waals surface area contributed by atoms with Gasteiger partial charge in [-0.2, -0.15) is 0 Å². The molecule has 2 aromatic carbocycles. The summed E-state index contributed by atoms with van der Waals surface area (Å²) < 4.78 is 40.1. The highest BCUT2D eigenvalue weighted by Gasteiger charge is 2.28. The molecule has 4 rings (SSSR count). The number of nitrogens with one attached hydrogen (secondary N) is 1. The van der Waals surface area contributed by atoms with Gasteiger partial charge < -0.3 is 14.6 Å². The van der Waals surface area contributed by atoms with Gasteiger partial charge in [-0.1, -0.05) is 18.2 Å². The molecule has 0 spiro atoms. The van der Waals surface area contributed by atoms with E-state index in [4.69, 9.17) is 9.47 Å². The summed E-state index contributed by atoms with van der Waals surface area (Å²) in [7, 11) is -3.82. The quantitative estimate of drug-likeness (QED) is 0.663. The van der Waals surface area contributed by atoms with Gasteiger partial charge in [0, 0.05) is 28.6 Å². The van der Waals surface area contributed by atoms with Crippen LogP contribution in [0.4, 0.5) is 0 Å². The zero-order valence-electron chi connectivity index (χ0n) is 15.3. The Morgan fingerprint density at radius 3 is 2.64 bits per heavy atom. The SMILES string of the molecule is CC(O)(CNS(=O)(=O)c1ccc2c(c1)OCCCO2)c1cc2ccccc2s1. The third kappa shape index (κ3) is 3.86. The number of ether oxygens (including phenoxy) is 2. The topological polar surface area (TPSA) is 84.9 Å². The van der Waals surface area contributed by atoms with E-state index >= 15 is 0 Å². The molecule has 1 atom stereocenters. The van der Waals surface area contributed by atoms with Gasteiger partial charge in [-0.25, -0.2) is 13.1 Å². The molecule has 1 unspecified atom stereocenters. The lowest BCUT2D eigenvalue weighted by Crippen LogP contribution is -2.38. The van der Waals surface area contributed by atoms with E-state index < -0.39 is 15.6 Å². The first kappa shape index (κ1) is 19.2. The van der Waals surface area contributed by atoms with Crippen molar-refractivity contribution in [3.63, 3.8) is 0 Å². The molecule has 0 saturated heterocycles. The Labute approximate surface area is 167 Å². The fourth-order valence-corrected chi connectivity index (χ4v) is 5.22. The first-order valence-electron chi connectivity index (χ1n) is 8.96. The Kier molecular flexibility index (Phi) is 5.05. The standard InChI is InChI=1S/C20H21NO5S2/c1-20(22,19-11-14-5-2-3-6-18(14)27-19)13-21-28(23,24)15-7-8-16-17(12-15)26-10-4-9-25-16/h2-3,5-8,11-12,21-22H,4,9-10,13H2,1H3. The number of benzene rings is 2. The van der Waals surface area contributed by atoms with E-state index in [-0.39, 0.29) is 11.4 Å². The maximum Gasteiger partial charge on any atom is 0.240 e. The van der Waals surface area contributed by atoms with Crippen LogP contribution in [0.2, 0.25) is 0 Å². The van der Waals surface area contributed by atoms with Crippen LogP contribution in [0.3, 0.4) is 0 Å².